The van der Waals surface area contributed by atoms with Crippen molar-refractivity contribution in [2.75, 3.05) is 10.6 Å². The van der Waals surface area contributed by atoms with E-state index < -0.39 is 0 Å². The van der Waals surface area contributed by atoms with Crippen LogP contribution < -0.4 is 10.6 Å². The number of halogens is 6. The van der Waals surface area contributed by atoms with E-state index >= 15 is 0 Å². The third-order valence-electron chi connectivity index (χ3n) is 11.6. The number of pyridine rings is 2. The van der Waals surface area contributed by atoms with E-state index in [1.165, 1.54) is 0 Å². The van der Waals surface area contributed by atoms with Gasteiger partial charge in [-0.1, -0.05) is 150 Å². The molecule has 8 aromatic rings. The van der Waals surface area contributed by atoms with E-state index in [-0.39, 0.29) is 37.3 Å². The van der Waals surface area contributed by atoms with Gasteiger partial charge in [-0.15, -0.1) is 0 Å². The zero-order valence-electron chi connectivity index (χ0n) is 32.7. The van der Waals surface area contributed by atoms with Crippen LogP contribution in [0.15, 0.2) is 133 Å². The summed E-state index contributed by atoms with van der Waals surface area (Å²) in [5, 5.41) is 9.26. The molecule has 1 saturated carbocycles. The number of nitrogens with zero attached hydrogens (tertiary/aromatic N) is 2. The Kier molecular flexibility index (Phi) is 11.9. The van der Waals surface area contributed by atoms with Crippen LogP contribution in [0.25, 0.3) is 44.3 Å². The van der Waals surface area contributed by atoms with Crippen LogP contribution in [0.4, 0.5) is 11.4 Å². The minimum atomic E-state index is -0.284. The molecule has 6 aromatic carbocycles. The van der Waals surface area contributed by atoms with E-state index in [4.69, 9.17) is 79.6 Å². The Morgan fingerprint density at radius 3 is 1.29 bits per heavy atom. The van der Waals surface area contributed by atoms with Gasteiger partial charge >= 0.3 is 0 Å². The van der Waals surface area contributed by atoms with E-state index in [2.05, 4.69) is 34.9 Å². The molecule has 1 aliphatic rings. The zero-order valence-corrected chi connectivity index (χ0v) is 37.3. The van der Waals surface area contributed by atoms with E-state index in [1.54, 1.807) is 36.4 Å². The molecule has 12 heteroatoms. The second-order valence-corrected chi connectivity index (χ2v) is 17.6. The van der Waals surface area contributed by atoms with Crippen LogP contribution in [-0.2, 0) is 5.41 Å². The van der Waals surface area contributed by atoms with Gasteiger partial charge in [0, 0.05) is 38.7 Å². The van der Waals surface area contributed by atoms with Crippen molar-refractivity contribution in [3.8, 4) is 22.5 Å². The van der Waals surface area contributed by atoms with Crippen molar-refractivity contribution >= 4 is 115 Å². The Labute approximate surface area is 388 Å². The summed E-state index contributed by atoms with van der Waals surface area (Å²) >= 11 is 38.4. The average Bonchev–Trinajstić information content (AvgIpc) is 3.30. The van der Waals surface area contributed by atoms with Crippen LogP contribution in [0.5, 0.6) is 0 Å². The lowest BCUT2D eigenvalue weighted by Crippen LogP contribution is -2.30. The first kappa shape index (κ1) is 42.1. The highest BCUT2D eigenvalue weighted by Crippen LogP contribution is 2.46. The first-order valence-corrected chi connectivity index (χ1v) is 22.2. The van der Waals surface area contributed by atoms with Crippen LogP contribution in [0.3, 0.4) is 0 Å². The number of para-hydroxylation sites is 2. The summed E-state index contributed by atoms with van der Waals surface area (Å²) in [4.78, 5) is 37.6. The fourth-order valence-electron chi connectivity index (χ4n) is 8.49. The Morgan fingerprint density at radius 2 is 0.871 bits per heavy atom. The predicted molar refractivity (Wildman–Crippen MR) is 257 cm³/mol. The van der Waals surface area contributed by atoms with Crippen molar-refractivity contribution in [2.24, 2.45) is 0 Å². The monoisotopic (exact) mass is 932 g/mol. The lowest BCUT2D eigenvalue weighted by Gasteiger charge is -2.39. The summed E-state index contributed by atoms with van der Waals surface area (Å²) in [6.45, 7) is 0. The fourth-order valence-corrected chi connectivity index (χ4v) is 9.76. The Bertz CT molecular complexity index is 2860. The number of carbonyl (C=O) groups is 2. The smallest absolute Gasteiger partial charge is 0.256 e. The highest BCUT2D eigenvalue weighted by atomic mass is 35.5. The molecule has 0 atom stereocenters. The summed E-state index contributed by atoms with van der Waals surface area (Å²) in [5.41, 5.74) is 7.72. The highest BCUT2D eigenvalue weighted by molar-refractivity contribution is 6.50. The number of hydrogen-bond donors (Lipinski definition) is 2. The third-order valence-corrected chi connectivity index (χ3v) is 14.2. The maximum absolute atomic E-state index is 14.0. The van der Waals surface area contributed by atoms with Gasteiger partial charge in [-0.25, -0.2) is 9.97 Å². The first-order chi connectivity index (χ1) is 30.0. The minimum absolute atomic E-state index is 0.225. The van der Waals surface area contributed by atoms with Crippen LogP contribution in [0, 0.1) is 0 Å². The second kappa shape index (κ2) is 17.5. The Hall–Kier alpha value is -5.18. The summed E-state index contributed by atoms with van der Waals surface area (Å²) in [6, 6.07) is 41.5. The number of rotatable bonds is 8. The molecular formula is C50H34Cl6N4O2. The van der Waals surface area contributed by atoms with Crippen molar-refractivity contribution < 1.29 is 9.59 Å². The van der Waals surface area contributed by atoms with Gasteiger partial charge in [-0.05, 0) is 96.8 Å². The molecule has 62 heavy (non-hydrogen) atoms. The first-order valence-electron chi connectivity index (χ1n) is 19.9. The number of anilines is 2. The number of aromatic nitrogens is 2. The maximum Gasteiger partial charge on any atom is 0.256 e. The lowest BCUT2D eigenvalue weighted by atomic mass is 9.65. The van der Waals surface area contributed by atoms with Crippen LogP contribution >= 0.6 is 69.6 Å². The van der Waals surface area contributed by atoms with Crippen molar-refractivity contribution in [3.63, 3.8) is 0 Å². The molecule has 0 aliphatic heterocycles. The predicted octanol–water partition coefficient (Wildman–Crippen LogP) is 15.8. The van der Waals surface area contributed by atoms with Gasteiger partial charge in [-0.3, -0.25) is 9.59 Å². The van der Waals surface area contributed by atoms with Crippen LogP contribution in [0.1, 0.15) is 63.9 Å². The molecule has 308 valence electrons. The van der Waals surface area contributed by atoms with Crippen LogP contribution in [0.2, 0.25) is 30.1 Å². The molecule has 2 amide bonds. The number of carbonyl (C=O) groups excluding carboxylic acids is 2. The molecule has 1 aliphatic carbocycles. The molecule has 2 N–H and O–H groups in total. The molecule has 2 heterocycles. The van der Waals surface area contributed by atoms with Gasteiger partial charge in [0.15, 0.2) is 0 Å². The van der Waals surface area contributed by atoms with Gasteiger partial charge in [0.25, 0.3) is 11.8 Å². The van der Waals surface area contributed by atoms with Crippen molar-refractivity contribution in [3.05, 3.63) is 186 Å². The number of amides is 2. The number of hydrogen-bond acceptors (Lipinski definition) is 4. The normalized spacial score (nSPS) is 13.6. The molecule has 2 aromatic heterocycles. The summed E-state index contributed by atoms with van der Waals surface area (Å²) in [5.74, 6) is -0.569. The molecule has 0 bridgehead atoms. The molecule has 0 spiro atoms. The van der Waals surface area contributed by atoms with E-state index in [0.29, 0.717) is 76.9 Å². The maximum atomic E-state index is 14.0. The molecule has 6 nitrogen and oxygen atoms in total. The molecule has 0 saturated heterocycles. The Balaban J connectivity index is 0.969. The summed E-state index contributed by atoms with van der Waals surface area (Å²) in [6.07, 6.45) is 5.26. The van der Waals surface area contributed by atoms with E-state index in [0.717, 1.165) is 43.2 Å². The van der Waals surface area contributed by atoms with Gasteiger partial charge in [0.05, 0.1) is 63.7 Å². The van der Waals surface area contributed by atoms with Crippen molar-refractivity contribution in [1.29, 1.82) is 0 Å². The molecule has 0 radical (unpaired) electrons. The average molecular weight is 936 g/mol. The van der Waals surface area contributed by atoms with Gasteiger partial charge in [0.1, 0.15) is 0 Å². The third kappa shape index (κ3) is 8.01. The van der Waals surface area contributed by atoms with E-state index in [9.17, 15) is 9.59 Å². The Morgan fingerprint density at radius 1 is 0.468 bits per heavy atom. The van der Waals surface area contributed by atoms with Crippen LogP contribution in [-0.4, -0.2) is 21.8 Å². The van der Waals surface area contributed by atoms with Gasteiger partial charge in [0.2, 0.25) is 0 Å². The lowest BCUT2D eigenvalue weighted by molar-refractivity contribution is 0.102. The van der Waals surface area contributed by atoms with E-state index in [1.807, 2.05) is 72.8 Å². The molecular weight excluding hydrogens is 901 g/mol. The SMILES string of the molecule is O=C(Nc1ccc(C2(c3ccc(NC(=O)c4cc(-c5ccc(Cl)c(Cl)c5Cl)nc5ccccc45)cc3)CCCCC2)cc1)c1cc(-c2ccc(Cl)c(Cl)c2Cl)nc2ccccc12. The van der Waals surface area contributed by atoms with Gasteiger partial charge < -0.3 is 10.6 Å². The molecule has 1 fully saturated rings. The quantitative estimate of drug-likeness (QED) is 0.149. The number of nitrogens with one attached hydrogen (secondary N) is 2. The second-order valence-electron chi connectivity index (χ2n) is 15.3. The van der Waals surface area contributed by atoms with Gasteiger partial charge in [-0.2, -0.15) is 0 Å². The highest BCUT2D eigenvalue weighted by Gasteiger charge is 2.36. The number of fused-ring (bicyclic) bond motifs is 2. The topological polar surface area (TPSA) is 84.0 Å². The summed E-state index contributed by atoms with van der Waals surface area (Å²) < 4.78 is 0. The largest absolute Gasteiger partial charge is 0.322 e. The fraction of sp³-hybridized carbons (Fsp3) is 0.120. The zero-order chi connectivity index (χ0) is 43.1. The molecule has 9 rings (SSSR count). The number of benzene rings is 6. The van der Waals surface area contributed by atoms with Crippen molar-refractivity contribution in [2.45, 2.75) is 37.5 Å². The minimum Gasteiger partial charge on any atom is -0.322 e. The van der Waals surface area contributed by atoms with Crippen molar-refractivity contribution in [1.82, 2.24) is 9.97 Å². The standard InChI is InChI=1S/C50H34Cl6N4O2/c51-38-22-20-34(44(53)46(38)55)42-26-36(32-8-2-4-10-40(32)59-42)48(61)57-30-16-12-28(13-17-30)50(24-6-1-7-25-50)29-14-18-31(19-15-29)58-49(62)37-27-43(60-41-11-5-3-9-33(37)41)35-21-23-39(52)47(56)45(35)54/h2-5,8-23,26-27H,1,6-7,24-25H2,(H,57,61)(H,58,62). The molecule has 0 unspecified atom stereocenters. The summed E-state index contributed by atoms with van der Waals surface area (Å²) in [7, 11) is 0.